The first kappa shape index (κ1) is 13.6. The summed E-state index contributed by atoms with van der Waals surface area (Å²) in [7, 11) is 0. The van der Waals surface area contributed by atoms with Crippen molar-refractivity contribution < 1.29 is 4.42 Å². The molecule has 0 radical (unpaired) electrons. The minimum atomic E-state index is -0.152. The summed E-state index contributed by atoms with van der Waals surface area (Å²) in [5.74, 6) is 0.266. The van der Waals surface area contributed by atoms with E-state index in [2.05, 4.69) is 15.0 Å². The number of hydrogen-bond acceptors (Lipinski definition) is 3. The van der Waals surface area contributed by atoms with Gasteiger partial charge in [0.25, 0.3) is 0 Å². The fourth-order valence-electron chi connectivity index (χ4n) is 2.02. The Hall–Kier alpha value is -3.35. The van der Waals surface area contributed by atoms with Gasteiger partial charge >= 0.3 is 0 Å². The number of fused-ring (bicyclic) bond motifs is 1. The zero-order valence-electron chi connectivity index (χ0n) is 11.6. The average Bonchev–Trinajstić information content (AvgIpc) is 2.90. The standard InChI is InChI=1S/C15H14N6O/c16-14(17)21-15(18)20-10-6-2-1-5-9(10)13-19-11-7-3-4-8-12(11)22-13/h1-8H,(H6,16,17,18,20,21). The number of rotatable bonds is 2. The van der Waals surface area contributed by atoms with Crippen LogP contribution in [0.5, 0.6) is 0 Å². The lowest BCUT2D eigenvalue weighted by Gasteiger charge is -2.01. The molecule has 110 valence electrons. The summed E-state index contributed by atoms with van der Waals surface area (Å²) in [6.45, 7) is 0. The highest BCUT2D eigenvalue weighted by Gasteiger charge is 2.11. The van der Waals surface area contributed by atoms with Gasteiger partial charge < -0.3 is 21.6 Å². The van der Waals surface area contributed by atoms with Gasteiger partial charge in [-0.2, -0.15) is 4.99 Å². The molecule has 3 aromatic rings. The van der Waals surface area contributed by atoms with Gasteiger partial charge in [0.15, 0.2) is 11.5 Å². The number of nitrogens with two attached hydrogens (primary N) is 3. The minimum absolute atomic E-state index is 0.0384. The van der Waals surface area contributed by atoms with Crippen molar-refractivity contribution in [1.82, 2.24) is 4.98 Å². The van der Waals surface area contributed by atoms with E-state index in [-0.39, 0.29) is 11.9 Å². The third kappa shape index (κ3) is 2.73. The van der Waals surface area contributed by atoms with E-state index in [1.807, 2.05) is 42.5 Å². The van der Waals surface area contributed by atoms with Crippen LogP contribution in [0.3, 0.4) is 0 Å². The topological polar surface area (TPSA) is 129 Å². The summed E-state index contributed by atoms with van der Waals surface area (Å²) in [6.07, 6.45) is 0. The molecule has 0 saturated heterocycles. The average molecular weight is 294 g/mol. The summed E-state index contributed by atoms with van der Waals surface area (Å²) >= 11 is 0. The van der Waals surface area contributed by atoms with Crippen LogP contribution < -0.4 is 17.2 Å². The van der Waals surface area contributed by atoms with Crippen molar-refractivity contribution in [3.05, 3.63) is 48.5 Å². The van der Waals surface area contributed by atoms with E-state index in [0.29, 0.717) is 22.7 Å². The Labute approximate surface area is 126 Å². The number of hydrogen-bond donors (Lipinski definition) is 3. The molecular weight excluding hydrogens is 280 g/mol. The van der Waals surface area contributed by atoms with Crippen LogP contribution in [0.25, 0.3) is 22.6 Å². The Morgan fingerprint density at radius 1 is 0.955 bits per heavy atom. The number of aromatic nitrogens is 1. The van der Waals surface area contributed by atoms with Gasteiger partial charge in [0.1, 0.15) is 5.52 Å². The molecule has 0 bridgehead atoms. The third-order valence-corrected chi connectivity index (χ3v) is 2.91. The number of oxazole rings is 1. The normalized spacial score (nSPS) is 11.5. The molecule has 7 heteroatoms. The summed E-state index contributed by atoms with van der Waals surface area (Å²) in [4.78, 5) is 12.3. The molecule has 3 rings (SSSR count). The van der Waals surface area contributed by atoms with Crippen molar-refractivity contribution in [2.24, 2.45) is 27.2 Å². The van der Waals surface area contributed by atoms with Crippen LogP contribution in [-0.4, -0.2) is 16.9 Å². The summed E-state index contributed by atoms with van der Waals surface area (Å²) in [6, 6.07) is 14.8. The minimum Gasteiger partial charge on any atom is -0.436 e. The van der Waals surface area contributed by atoms with E-state index in [1.54, 1.807) is 6.07 Å². The monoisotopic (exact) mass is 294 g/mol. The molecule has 6 N–H and O–H groups in total. The second-order valence-electron chi connectivity index (χ2n) is 4.51. The van der Waals surface area contributed by atoms with Crippen molar-refractivity contribution >= 4 is 28.7 Å². The van der Waals surface area contributed by atoms with Crippen molar-refractivity contribution in [2.75, 3.05) is 0 Å². The maximum atomic E-state index is 5.75. The molecule has 1 heterocycles. The fourth-order valence-corrected chi connectivity index (χ4v) is 2.02. The second kappa shape index (κ2) is 5.57. The van der Waals surface area contributed by atoms with Crippen molar-refractivity contribution in [1.29, 1.82) is 0 Å². The van der Waals surface area contributed by atoms with E-state index < -0.39 is 0 Å². The highest BCUT2D eigenvalue weighted by molar-refractivity contribution is 5.94. The summed E-state index contributed by atoms with van der Waals surface area (Å²) in [5.41, 5.74) is 19.0. The molecule has 0 aliphatic rings. The second-order valence-corrected chi connectivity index (χ2v) is 4.51. The van der Waals surface area contributed by atoms with Gasteiger partial charge in [-0.1, -0.05) is 24.3 Å². The van der Waals surface area contributed by atoms with Crippen LogP contribution in [0.2, 0.25) is 0 Å². The first-order chi connectivity index (χ1) is 10.6. The van der Waals surface area contributed by atoms with Gasteiger partial charge in [0.05, 0.1) is 11.3 Å². The van der Waals surface area contributed by atoms with Crippen LogP contribution in [0.4, 0.5) is 5.69 Å². The van der Waals surface area contributed by atoms with E-state index in [9.17, 15) is 0 Å². The summed E-state index contributed by atoms with van der Waals surface area (Å²) in [5, 5.41) is 0. The van der Waals surface area contributed by atoms with Crippen molar-refractivity contribution in [2.45, 2.75) is 0 Å². The number of nitrogens with zero attached hydrogens (tertiary/aromatic N) is 3. The number of aliphatic imine (C=N–C) groups is 2. The van der Waals surface area contributed by atoms with Gasteiger partial charge in [0, 0.05) is 0 Å². The van der Waals surface area contributed by atoms with Gasteiger partial charge in [-0.25, -0.2) is 9.98 Å². The van der Waals surface area contributed by atoms with Gasteiger partial charge in [-0.15, -0.1) is 0 Å². The predicted octanol–water partition coefficient (Wildman–Crippen LogP) is 1.71. The van der Waals surface area contributed by atoms with E-state index >= 15 is 0 Å². The van der Waals surface area contributed by atoms with Crippen molar-refractivity contribution in [3.63, 3.8) is 0 Å². The Bertz CT molecular complexity index is 843. The SMILES string of the molecule is NC(N)=NC(N)=Nc1ccccc1-c1nc2ccccc2o1. The highest BCUT2D eigenvalue weighted by atomic mass is 16.3. The van der Waals surface area contributed by atoms with Crippen LogP contribution in [0, 0.1) is 0 Å². The van der Waals surface area contributed by atoms with E-state index in [0.717, 1.165) is 5.52 Å². The van der Waals surface area contributed by atoms with Crippen LogP contribution >= 0.6 is 0 Å². The number of guanidine groups is 2. The molecule has 0 aliphatic heterocycles. The molecule has 0 spiro atoms. The molecule has 0 amide bonds. The Balaban J connectivity index is 2.10. The molecule has 1 aromatic heterocycles. The maximum Gasteiger partial charge on any atom is 0.229 e. The quantitative estimate of drug-likeness (QED) is 0.489. The Morgan fingerprint density at radius 2 is 1.68 bits per heavy atom. The lowest BCUT2D eigenvalue weighted by atomic mass is 10.2. The van der Waals surface area contributed by atoms with Crippen LogP contribution in [0.15, 0.2) is 62.9 Å². The predicted molar refractivity (Wildman–Crippen MR) is 86.5 cm³/mol. The molecule has 22 heavy (non-hydrogen) atoms. The molecule has 0 aliphatic carbocycles. The number of para-hydroxylation sites is 3. The fraction of sp³-hybridized carbons (Fsp3) is 0. The Morgan fingerprint density at radius 3 is 2.45 bits per heavy atom. The molecule has 0 unspecified atom stereocenters. The van der Waals surface area contributed by atoms with Gasteiger partial charge in [-0.05, 0) is 24.3 Å². The van der Waals surface area contributed by atoms with Crippen molar-refractivity contribution in [3.8, 4) is 11.5 Å². The maximum absolute atomic E-state index is 5.75. The number of benzene rings is 2. The zero-order chi connectivity index (χ0) is 15.5. The van der Waals surface area contributed by atoms with E-state index in [1.165, 1.54) is 0 Å². The first-order valence-electron chi connectivity index (χ1n) is 6.52. The molecule has 0 atom stereocenters. The van der Waals surface area contributed by atoms with Crippen LogP contribution in [-0.2, 0) is 0 Å². The zero-order valence-corrected chi connectivity index (χ0v) is 11.6. The summed E-state index contributed by atoms with van der Waals surface area (Å²) < 4.78 is 5.75. The first-order valence-corrected chi connectivity index (χ1v) is 6.52. The van der Waals surface area contributed by atoms with E-state index in [4.69, 9.17) is 21.6 Å². The third-order valence-electron chi connectivity index (χ3n) is 2.91. The molecule has 7 nitrogen and oxygen atoms in total. The Kier molecular flexibility index (Phi) is 3.45. The largest absolute Gasteiger partial charge is 0.436 e. The molecular formula is C15H14N6O. The molecule has 2 aromatic carbocycles. The smallest absolute Gasteiger partial charge is 0.229 e. The highest BCUT2D eigenvalue weighted by Crippen LogP contribution is 2.31. The lowest BCUT2D eigenvalue weighted by Crippen LogP contribution is -2.26. The van der Waals surface area contributed by atoms with Gasteiger partial charge in [-0.3, -0.25) is 0 Å². The molecule has 0 saturated carbocycles. The van der Waals surface area contributed by atoms with Gasteiger partial charge in [0.2, 0.25) is 11.9 Å². The molecule has 0 fully saturated rings. The van der Waals surface area contributed by atoms with Crippen LogP contribution in [0.1, 0.15) is 0 Å². The lowest BCUT2D eigenvalue weighted by molar-refractivity contribution is 0.620.